The van der Waals surface area contributed by atoms with E-state index in [1.54, 1.807) is 33.8 Å². The van der Waals surface area contributed by atoms with E-state index in [-0.39, 0.29) is 18.8 Å². The first-order chi connectivity index (χ1) is 16.6. The van der Waals surface area contributed by atoms with Crippen LogP contribution in [0.2, 0.25) is 0 Å². The molecule has 2 fully saturated rings. The Morgan fingerprint density at radius 1 is 1.14 bits per heavy atom. The Morgan fingerprint density at radius 2 is 1.81 bits per heavy atom. The van der Waals surface area contributed by atoms with Gasteiger partial charge in [0.05, 0.1) is 25.9 Å². The highest BCUT2D eigenvalue weighted by molar-refractivity contribution is 5.92. The van der Waals surface area contributed by atoms with Crippen LogP contribution in [0.3, 0.4) is 0 Å². The van der Waals surface area contributed by atoms with E-state index in [1.807, 2.05) is 0 Å². The molecule has 10 atom stereocenters. The van der Waals surface area contributed by atoms with Gasteiger partial charge in [0, 0.05) is 11.8 Å². The van der Waals surface area contributed by atoms with Crippen LogP contribution in [0.15, 0.2) is 23.8 Å². The van der Waals surface area contributed by atoms with Crippen LogP contribution in [0.4, 0.5) is 0 Å². The van der Waals surface area contributed by atoms with Crippen molar-refractivity contribution in [1.82, 2.24) is 0 Å². The lowest BCUT2D eigenvalue weighted by atomic mass is 9.64. The molecule has 0 spiro atoms. The number of ketones is 1. The highest BCUT2D eigenvalue weighted by Crippen LogP contribution is 2.44. The predicted molar refractivity (Wildman–Crippen MR) is 122 cm³/mol. The Bertz CT molecular complexity index is 858. The number of carbonyl (C=O) groups excluding carboxylic acids is 1. The zero-order valence-corrected chi connectivity index (χ0v) is 20.9. The Hall–Kier alpha value is -1.29. The van der Waals surface area contributed by atoms with E-state index in [1.165, 1.54) is 12.2 Å². The minimum absolute atomic E-state index is 0.0732. The highest BCUT2D eigenvalue weighted by atomic mass is 16.7. The average Bonchev–Trinajstić information content (AvgIpc) is 3.09. The van der Waals surface area contributed by atoms with Crippen LogP contribution in [-0.2, 0) is 23.7 Å². The second-order valence-electron chi connectivity index (χ2n) is 10.6. The normalized spacial score (nSPS) is 44.1. The first kappa shape index (κ1) is 29.3. The van der Waals surface area contributed by atoms with Crippen LogP contribution in [-0.4, -0.2) is 122 Å². The number of hydrogen-bond acceptors (Lipinski definition) is 12. The molecule has 0 unspecified atom stereocenters. The number of ether oxygens (including phenoxy) is 4. The lowest BCUT2D eigenvalue weighted by Crippen LogP contribution is -2.60. The molecule has 2 saturated heterocycles. The molecular formula is C24H38O12. The summed E-state index contributed by atoms with van der Waals surface area (Å²) < 4.78 is 21.9. The number of aliphatic hydroxyl groups excluding tert-OH is 5. The molecule has 0 aromatic carbocycles. The monoisotopic (exact) mass is 518 g/mol. The van der Waals surface area contributed by atoms with Crippen molar-refractivity contribution >= 4 is 5.78 Å². The van der Waals surface area contributed by atoms with Crippen LogP contribution in [0.1, 0.15) is 34.1 Å². The summed E-state index contributed by atoms with van der Waals surface area (Å²) in [5.41, 5.74) is -3.58. The first-order valence-electron chi connectivity index (χ1n) is 11.9. The summed E-state index contributed by atoms with van der Waals surface area (Å²) in [6.45, 7) is 5.33. The van der Waals surface area contributed by atoms with Gasteiger partial charge in [0.2, 0.25) is 0 Å². The van der Waals surface area contributed by atoms with E-state index in [0.717, 1.165) is 0 Å². The summed E-state index contributed by atoms with van der Waals surface area (Å²) in [6.07, 6.45) is -6.34. The first-order valence-corrected chi connectivity index (χ1v) is 11.9. The largest absolute Gasteiger partial charge is 0.393 e. The molecule has 206 valence electrons. The zero-order chi connectivity index (χ0) is 27.1. The summed E-state index contributed by atoms with van der Waals surface area (Å²) in [5, 5.41) is 71.6. The van der Waals surface area contributed by atoms with Gasteiger partial charge in [0.15, 0.2) is 18.4 Å². The molecule has 7 N–H and O–H groups in total. The van der Waals surface area contributed by atoms with Crippen molar-refractivity contribution < 1.29 is 59.5 Å². The van der Waals surface area contributed by atoms with E-state index in [4.69, 9.17) is 18.9 Å². The van der Waals surface area contributed by atoms with Gasteiger partial charge in [-0.2, -0.15) is 0 Å². The Kier molecular flexibility index (Phi) is 8.80. The summed E-state index contributed by atoms with van der Waals surface area (Å²) in [5.74, 6) is -0.0732. The molecule has 3 rings (SSSR count). The lowest BCUT2D eigenvalue weighted by molar-refractivity contribution is -0.314. The molecule has 2 aliphatic heterocycles. The molecule has 0 bridgehead atoms. The third-order valence-electron chi connectivity index (χ3n) is 7.26. The third-order valence-corrected chi connectivity index (χ3v) is 7.26. The Morgan fingerprint density at radius 3 is 2.39 bits per heavy atom. The summed E-state index contributed by atoms with van der Waals surface area (Å²) in [4.78, 5) is 11.9. The summed E-state index contributed by atoms with van der Waals surface area (Å²) >= 11 is 0. The minimum atomic E-state index is -1.89. The van der Waals surface area contributed by atoms with E-state index < -0.39 is 79.0 Å². The maximum atomic E-state index is 11.9. The second-order valence-corrected chi connectivity index (χ2v) is 10.6. The fraction of sp³-hybridized carbons (Fsp3) is 0.792. The minimum Gasteiger partial charge on any atom is -0.393 e. The van der Waals surface area contributed by atoms with E-state index in [0.29, 0.717) is 5.57 Å². The molecule has 12 nitrogen and oxygen atoms in total. The molecule has 12 heteroatoms. The SMILES string of the molecule is CC1=CC(=O)CC(C)(C)[C@@]1(O)C=C[C@@H](C)O[C@@H]1O[C@H](CO[C@@H]2OC[C@](O)(CO)[C@H]2O)[C@@H](O)[C@H](O)[C@H]1O. The van der Waals surface area contributed by atoms with Gasteiger partial charge < -0.3 is 54.7 Å². The molecular weight excluding hydrogens is 480 g/mol. The third kappa shape index (κ3) is 5.59. The predicted octanol–water partition coefficient (Wildman–Crippen LogP) is -2.11. The Balaban J connectivity index is 1.64. The zero-order valence-electron chi connectivity index (χ0n) is 20.9. The number of rotatable bonds is 8. The van der Waals surface area contributed by atoms with Crippen molar-refractivity contribution in [2.45, 2.75) is 94.5 Å². The standard InChI is InChI=1S/C24H38O12/c1-12-7-14(26)8-22(3,4)24(12,32)6-5-13(2)35-20-18(29)17(28)16(27)15(36-20)9-33-21-19(30)23(31,10-25)11-34-21/h5-7,13,15-21,25,27-32H,8-11H2,1-4H3/t13-,15-,16-,17+,18-,19+,20-,21-,23-,24-/m1/s1. The van der Waals surface area contributed by atoms with Crippen molar-refractivity contribution in [3.05, 3.63) is 23.8 Å². The van der Waals surface area contributed by atoms with Gasteiger partial charge in [-0.3, -0.25) is 4.79 Å². The number of carbonyl (C=O) groups is 1. The van der Waals surface area contributed by atoms with E-state index in [2.05, 4.69) is 0 Å². The summed E-state index contributed by atoms with van der Waals surface area (Å²) in [7, 11) is 0. The second kappa shape index (κ2) is 10.8. The topological polar surface area (TPSA) is 196 Å². The number of aliphatic hydroxyl groups is 7. The van der Waals surface area contributed by atoms with Crippen molar-refractivity contribution in [2.24, 2.45) is 5.41 Å². The van der Waals surface area contributed by atoms with Gasteiger partial charge in [0.25, 0.3) is 0 Å². The van der Waals surface area contributed by atoms with Crippen molar-refractivity contribution in [1.29, 1.82) is 0 Å². The fourth-order valence-electron chi connectivity index (χ4n) is 4.69. The number of allylic oxidation sites excluding steroid dienone is 1. The molecule has 36 heavy (non-hydrogen) atoms. The van der Waals surface area contributed by atoms with Crippen LogP contribution in [0.25, 0.3) is 0 Å². The highest BCUT2D eigenvalue weighted by Gasteiger charge is 2.50. The number of hydrogen-bond donors (Lipinski definition) is 7. The molecule has 2 heterocycles. The molecule has 0 saturated carbocycles. The van der Waals surface area contributed by atoms with E-state index in [9.17, 15) is 40.5 Å². The van der Waals surface area contributed by atoms with Crippen LogP contribution in [0.5, 0.6) is 0 Å². The van der Waals surface area contributed by atoms with Gasteiger partial charge >= 0.3 is 0 Å². The van der Waals surface area contributed by atoms with Crippen LogP contribution < -0.4 is 0 Å². The lowest BCUT2D eigenvalue weighted by Gasteiger charge is -2.44. The fourth-order valence-corrected chi connectivity index (χ4v) is 4.69. The average molecular weight is 519 g/mol. The van der Waals surface area contributed by atoms with Gasteiger partial charge in [-0.25, -0.2) is 0 Å². The molecule has 0 amide bonds. The van der Waals surface area contributed by atoms with Gasteiger partial charge in [-0.1, -0.05) is 19.9 Å². The Labute approximate surface area is 209 Å². The molecule has 3 aliphatic rings. The van der Waals surface area contributed by atoms with Gasteiger partial charge in [-0.05, 0) is 31.6 Å². The van der Waals surface area contributed by atoms with Crippen LogP contribution in [0, 0.1) is 5.41 Å². The smallest absolute Gasteiger partial charge is 0.187 e. The maximum Gasteiger partial charge on any atom is 0.187 e. The van der Waals surface area contributed by atoms with Gasteiger partial charge in [-0.15, -0.1) is 0 Å². The molecule has 0 aromatic rings. The van der Waals surface area contributed by atoms with Gasteiger partial charge in [0.1, 0.15) is 41.7 Å². The van der Waals surface area contributed by atoms with Crippen molar-refractivity contribution in [3.8, 4) is 0 Å². The quantitative estimate of drug-likeness (QED) is 0.173. The maximum absolute atomic E-state index is 11.9. The molecule has 0 aromatic heterocycles. The molecule has 1 aliphatic carbocycles. The summed E-state index contributed by atoms with van der Waals surface area (Å²) in [6, 6.07) is 0. The van der Waals surface area contributed by atoms with Crippen molar-refractivity contribution in [2.75, 3.05) is 19.8 Å². The van der Waals surface area contributed by atoms with Crippen LogP contribution >= 0.6 is 0 Å². The van der Waals surface area contributed by atoms with Crippen molar-refractivity contribution in [3.63, 3.8) is 0 Å². The molecule has 0 radical (unpaired) electrons. The van der Waals surface area contributed by atoms with E-state index >= 15 is 0 Å².